The molecule has 0 aromatic heterocycles. The molecule has 0 radical (unpaired) electrons. The number of sulfone groups is 1. The molecule has 0 unspecified atom stereocenters. The Kier molecular flexibility index (Phi) is 8.06. The summed E-state index contributed by atoms with van der Waals surface area (Å²) in [5.41, 5.74) is 3.16. The molecule has 2 aromatic rings. The molecule has 2 aromatic carbocycles. The van der Waals surface area contributed by atoms with E-state index in [1.807, 2.05) is 73.6 Å². The van der Waals surface area contributed by atoms with Gasteiger partial charge < -0.3 is 10.4 Å². The summed E-state index contributed by atoms with van der Waals surface area (Å²) >= 11 is 0. The first-order valence-electron chi connectivity index (χ1n) is 11.6. The second-order valence-corrected chi connectivity index (χ2v) is 12.8. The van der Waals surface area contributed by atoms with Crippen LogP contribution in [0.5, 0.6) is 5.75 Å². The van der Waals surface area contributed by atoms with Gasteiger partial charge >= 0.3 is 0 Å². The van der Waals surface area contributed by atoms with Crippen molar-refractivity contribution in [3.8, 4) is 5.75 Å². The highest BCUT2D eigenvalue weighted by Crippen LogP contribution is 2.41. The highest BCUT2D eigenvalue weighted by Gasteiger charge is 2.29. The van der Waals surface area contributed by atoms with Crippen LogP contribution in [0, 0.1) is 0 Å². The average molecular weight is 474 g/mol. The predicted octanol–water partition coefficient (Wildman–Crippen LogP) is 5.91. The van der Waals surface area contributed by atoms with Crippen LogP contribution in [-0.4, -0.2) is 25.2 Å². The molecule has 6 heteroatoms. The summed E-state index contributed by atoms with van der Waals surface area (Å²) in [5.74, 6) is -0.484. The van der Waals surface area contributed by atoms with Crippen molar-refractivity contribution in [1.82, 2.24) is 0 Å². The number of aromatic hydroxyl groups is 1. The topological polar surface area (TPSA) is 83.5 Å². The smallest absolute Gasteiger partial charge is 0.225 e. The number of carbonyl (C=O) groups excluding carboxylic acids is 1. The number of benzene rings is 2. The van der Waals surface area contributed by atoms with Crippen molar-refractivity contribution in [2.75, 3.05) is 11.1 Å². The maximum absolute atomic E-state index is 13.2. The van der Waals surface area contributed by atoms with Crippen LogP contribution in [0.1, 0.15) is 84.1 Å². The highest BCUT2D eigenvalue weighted by atomic mass is 32.2. The molecule has 5 nitrogen and oxygen atoms in total. The summed E-state index contributed by atoms with van der Waals surface area (Å²) in [7, 11) is -3.73. The van der Waals surface area contributed by atoms with Gasteiger partial charge in [0.1, 0.15) is 5.75 Å². The zero-order chi connectivity index (χ0) is 25.2. The molecule has 1 amide bonds. The van der Waals surface area contributed by atoms with E-state index in [4.69, 9.17) is 0 Å². The van der Waals surface area contributed by atoms with Crippen molar-refractivity contribution >= 4 is 21.4 Å². The Labute approximate surface area is 199 Å². The maximum atomic E-state index is 13.2. The Morgan fingerprint density at radius 1 is 0.909 bits per heavy atom. The van der Waals surface area contributed by atoms with E-state index in [2.05, 4.69) is 5.32 Å². The second-order valence-electron chi connectivity index (χ2n) is 10.6. The van der Waals surface area contributed by atoms with Crippen molar-refractivity contribution in [2.24, 2.45) is 0 Å². The Hall–Kier alpha value is -2.34. The summed E-state index contributed by atoms with van der Waals surface area (Å²) in [6, 6.07) is 9.04. The van der Waals surface area contributed by atoms with Crippen molar-refractivity contribution < 1.29 is 18.3 Å². The van der Waals surface area contributed by atoms with Crippen LogP contribution >= 0.6 is 0 Å². The fourth-order valence-electron chi connectivity index (χ4n) is 3.88. The fraction of sp³-hybridized carbons (Fsp3) is 0.519. The van der Waals surface area contributed by atoms with E-state index in [-0.39, 0.29) is 28.7 Å². The molecule has 0 bridgehead atoms. The SMILES string of the molecule is CCc1cccc(CC)c1NC(=O)CCS(=O)(=O)c1cc(C(C)(C)C)c(O)c(C(C)(C)C)c1. The van der Waals surface area contributed by atoms with Crippen LogP contribution in [0.3, 0.4) is 0 Å². The molecule has 0 saturated carbocycles. The third-order valence-corrected chi connectivity index (χ3v) is 7.62. The van der Waals surface area contributed by atoms with Gasteiger partial charge in [-0.25, -0.2) is 8.42 Å². The van der Waals surface area contributed by atoms with E-state index >= 15 is 0 Å². The zero-order valence-electron chi connectivity index (χ0n) is 21.3. The van der Waals surface area contributed by atoms with Gasteiger partial charge in [-0.2, -0.15) is 0 Å². The molecule has 2 N–H and O–H groups in total. The molecule has 2 rings (SSSR count). The molecular formula is C27H39NO4S. The third kappa shape index (κ3) is 6.38. The van der Waals surface area contributed by atoms with E-state index in [9.17, 15) is 18.3 Å². The summed E-state index contributed by atoms with van der Waals surface area (Å²) in [5, 5.41) is 13.8. The van der Waals surface area contributed by atoms with E-state index in [1.54, 1.807) is 12.1 Å². The highest BCUT2D eigenvalue weighted by molar-refractivity contribution is 7.91. The molecule has 33 heavy (non-hydrogen) atoms. The van der Waals surface area contributed by atoms with Crippen LogP contribution in [0.15, 0.2) is 35.2 Å². The van der Waals surface area contributed by atoms with Gasteiger partial charge in [-0.3, -0.25) is 4.79 Å². The summed E-state index contributed by atoms with van der Waals surface area (Å²) < 4.78 is 26.5. The van der Waals surface area contributed by atoms with Crippen LogP contribution < -0.4 is 5.32 Å². The number of carbonyl (C=O) groups is 1. The second kappa shape index (κ2) is 9.88. The minimum Gasteiger partial charge on any atom is -0.507 e. The summed E-state index contributed by atoms with van der Waals surface area (Å²) in [6.45, 7) is 15.7. The Morgan fingerprint density at radius 3 is 1.76 bits per heavy atom. The molecule has 0 aliphatic carbocycles. The first-order chi connectivity index (χ1) is 15.1. The lowest BCUT2D eigenvalue weighted by Gasteiger charge is -2.28. The number of aryl methyl sites for hydroxylation is 2. The number of rotatable bonds is 7. The van der Waals surface area contributed by atoms with Crippen LogP contribution in [0.2, 0.25) is 0 Å². The molecule has 0 saturated heterocycles. The van der Waals surface area contributed by atoms with Gasteiger partial charge in [0.2, 0.25) is 5.91 Å². The van der Waals surface area contributed by atoms with Gasteiger partial charge in [-0.1, -0.05) is 73.6 Å². The Morgan fingerprint density at radius 2 is 1.36 bits per heavy atom. The van der Waals surface area contributed by atoms with E-state index in [0.29, 0.717) is 11.1 Å². The minimum atomic E-state index is -3.73. The summed E-state index contributed by atoms with van der Waals surface area (Å²) in [4.78, 5) is 12.9. The Bertz CT molecular complexity index is 1060. The third-order valence-electron chi connectivity index (χ3n) is 5.92. The molecule has 0 atom stereocenters. The number of para-hydroxylation sites is 1. The van der Waals surface area contributed by atoms with Gasteiger partial charge in [-0.15, -0.1) is 0 Å². The number of hydrogen-bond donors (Lipinski definition) is 2. The number of phenolic OH excluding ortho intramolecular Hbond substituents is 1. The molecule has 0 heterocycles. The molecule has 0 fully saturated rings. The quantitative estimate of drug-likeness (QED) is 0.523. The normalized spacial score (nSPS) is 12.6. The van der Waals surface area contributed by atoms with Gasteiger partial charge in [-0.05, 0) is 46.9 Å². The van der Waals surface area contributed by atoms with Gasteiger partial charge in [0.25, 0.3) is 0 Å². The molecule has 0 aliphatic rings. The van der Waals surface area contributed by atoms with Crippen LogP contribution in [0.4, 0.5) is 5.69 Å². The van der Waals surface area contributed by atoms with Gasteiger partial charge in [0.05, 0.1) is 10.6 Å². The number of phenols is 1. The lowest BCUT2D eigenvalue weighted by atomic mass is 9.79. The maximum Gasteiger partial charge on any atom is 0.225 e. The standard InChI is InChI=1S/C27H39NO4S/c1-9-18-12-11-13-19(10-2)24(18)28-23(29)14-15-33(31,32)20-16-21(26(3,4)5)25(30)22(17-20)27(6,7)8/h11-13,16-17,30H,9-10,14-15H2,1-8H3,(H,28,29). The monoisotopic (exact) mass is 473 g/mol. The number of hydrogen-bond acceptors (Lipinski definition) is 4. The fourth-order valence-corrected chi connectivity index (χ4v) is 5.17. The molecular weight excluding hydrogens is 434 g/mol. The first-order valence-corrected chi connectivity index (χ1v) is 13.3. The van der Waals surface area contributed by atoms with E-state index in [0.717, 1.165) is 29.7 Å². The average Bonchev–Trinajstić information content (AvgIpc) is 2.70. The van der Waals surface area contributed by atoms with Crippen molar-refractivity contribution in [2.45, 2.75) is 90.4 Å². The van der Waals surface area contributed by atoms with E-state index in [1.165, 1.54) is 0 Å². The predicted molar refractivity (Wildman–Crippen MR) is 136 cm³/mol. The van der Waals surface area contributed by atoms with E-state index < -0.39 is 20.7 Å². The lowest BCUT2D eigenvalue weighted by Crippen LogP contribution is -2.21. The zero-order valence-corrected chi connectivity index (χ0v) is 22.1. The van der Waals surface area contributed by atoms with Gasteiger partial charge in [0, 0.05) is 23.2 Å². The number of anilines is 1. The Balaban J connectivity index is 2.34. The van der Waals surface area contributed by atoms with Crippen LogP contribution in [0.25, 0.3) is 0 Å². The van der Waals surface area contributed by atoms with Gasteiger partial charge in [0.15, 0.2) is 9.84 Å². The van der Waals surface area contributed by atoms with Crippen molar-refractivity contribution in [1.29, 1.82) is 0 Å². The lowest BCUT2D eigenvalue weighted by molar-refractivity contribution is -0.115. The molecule has 0 spiro atoms. The van der Waals surface area contributed by atoms with Crippen LogP contribution in [-0.2, 0) is 38.3 Å². The number of amides is 1. The largest absolute Gasteiger partial charge is 0.507 e. The van der Waals surface area contributed by atoms with Crippen molar-refractivity contribution in [3.05, 3.63) is 52.6 Å². The van der Waals surface area contributed by atoms with Crippen molar-refractivity contribution in [3.63, 3.8) is 0 Å². The number of nitrogens with one attached hydrogen (secondary N) is 1. The minimum absolute atomic E-state index is 0.134. The molecule has 0 aliphatic heterocycles. The first kappa shape index (κ1) is 26.9. The summed E-state index contributed by atoms with van der Waals surface area (Å²) in [6.07, 6.45) is 1.42. The molecule has 182 valence electrons.